The second-order valence-corrected chi connectivity index (χ2v) is 6.90. The van der Waals surface area contributed by atoms with Gasteiger partial charge in [-0.15, -0.1) is 0 Å². The lowest BCUT2D eigenvalue weighted by atomic mass is 10.0. The highest BCUT2D eigenvalue weighted by atomic mass is 79.9. The molecule has 0 radical (unpaired) electrons. The van der Waals surface area contributed by atoms with Gasteiger partial charge in [0.2, 0.25) is 11.8 Å². The fourth-order valence-electron chi connectivity index (χ4n) is 2.62. The predicted octanol–water partition coefficient (Wildman–Crippen LogP) is 1.84. The molecule has 0 fully saturated rings. The minimum atomic E-state index is -1.23. The van der Waals surface area contributed by atoms with Crippen molar-refractivity contribution in [3.8, 4) is 0 Å². The van der Waals surface area contributed by atoms with Crippen molar-refractivity contribution < 1.29 is 23.9 Å². The number of aliphatic carboxylic acids is 1. The first kappa shape index (κ1) is 21.5. The molecule has 2 rings (SSSR count). The first-order chi connectivity index (χ1) is 13.3. The molecule has 2 amide bonds. The molecule has 1 aromatic heterocycles. The van der Waals surface area contributed by atoms with Crippen LogP contribution in [0.4, 0.5) is 4.39 Å². The van der Waals surface area contributed by atoms with E-state index in [1.54, 1.807) is 24.4 Å². The number of rotatable bonds is 8. The Hall–Kier alpha value is -2.81. The molecule has 0 aliphatic carbocycles. The van der Waals surface area contributed by atoms with Gasteiger partial charge in [-0.1, -0.05) is 18.2 Å². The van der Waals surface area contributed by atoms with Gasteiger partial charge in [-0.2, -0.15) is 0 Å². The number of pyridine rings is 1. The van der Waals surface area contributed by atoms with E-state index in [1.165, 1.54) is 25.1 Å². The van der Waals surface area contributed by atoms with Crippen molar-refractivity contribution in [3.63, 3.8) is 0 Å². The molecule has 0 bridgehead atoms. The maximum absolute atomic E-state index is 13.4. The van der Waals surface area contributed by atoms with E-state index >= 15 is 0 Å². The molecular weight excluding hydrogens is 433 g/mol. The van der Waals surface area contributed by atoms with Gasteiger partial charge in [-0.3, -0.25) is 9.59 Å². The van der Waals surface area contributed by atoms with Crippen LogP contribution < -0.4 is 10.6 Å². The molecule has 0 aliphatic rings. The lowest BCUT2D eigenvalue weighted by Crippen LogP contribution is -2.52. The maximum Gasteiger partial charge on any atom is 0.326 e. The predicted molar refractivity (Wildman–Crippen MR) is 103 cm³/mol. The quantitative estimate of drug-likeness (QED) is 0.530. The third kappa shape index (κ3) is 6.41. The number of hydrogen-bond acceptors (Lipinski definition) is 4. The lowest BCUT2D eigenvalue weighted by molar-refractivity contribution is -0.142. The molecule has 0 spiro atoms. The molecule has 2 aromatic rings. The largest absolute Gasteiger partial charge is 0.480 e. The van der Waals surface area contributed by atoms with Crippen LogP contribution in [0.25, 0.3) is 0 Å². The smallest absolute Gasteiger partial charge is 0.326 e. The highest BCUT2D eigenvalue weighted by molar-refractivity contribution is 9.10. The topological polar surface area (TPSA) is 108 Å². The molecule has 148 valence electrons. The first-order valence-corrected chi connectivity index (χ1v) is 9.19. The van der Waals surface area contributed by atoms with Crippen molar-refractivity contribution in [3.05, 3.63) is 64.1 Å². The first-order valence-electron chi connectivity index (χ1n) is 8.40. The maximum atomic E-state index is 13.4. The number of nitrogens with zero attached hydrogens (tertiary/aromatic N) is 1. The van der Waals surface area contributed by atoms with Crippen LogP contribution in [0.5, 0.6) is 0 Å². The molecule has 0 unspecified atom stereocenters. The Balaban J connectivity index is 2.15. The summed E-state index contributed by atoms with van der Waals surface area (Å²) in [5, 5.41) is 14.4. The van der Waals surface area contributed by atoms with E-state index in [9.17, 15) is 23.9 Å². The summed E-state index contributed by atoms with van der Waals surface area (Å²) in [6, 6.07) is 6.71. The van der Waals surface area contributed by atoms with Gasteiger partial charge in [-0.05, 0) is 45.3 Å². The molecule has 7 nitrogen and oxygen atoms in total. The Kier molecular flexibility index (Phi) is 7.62. The SMILES string of the molecule is CC(=O)N[C@@H](Cc1cccc(F)c1)C(=O)N[C@@H](Cc1cccnc1Br)C(=O)O. The number of aromatic nitrogens is 1. The van der Waals surface area contributed by atoms with Crippen LogP contribution in [0.3, 0.4) is 0 Å². The number of carboxylic acids is 1. The Labute approximate surface area is 169 Å². The number of carbonyl (C=O) groups is 3. The molecule has 2 atom stereocenters. The second-order valence-electron chi connectivity index (χ2n) is 6.14. The third-order valence-electron chi connectivity index (χ3n) is 3.90. The summed E-state index contributed by atoms with van der Waals surface area (Å²) in [6.07, 6.45) is 1.57. The van der Waals surface area contributed by atoms with E-state index in [0.29, 0.717) is 15.7 Å². The molecule has 3 N–H and O–H groups in total. The summed E-state index contributed by atoms with van der Waals surface area (Å²) < 4.78 is 13.9. The van der Waals surface area contributed by atoms with Crippen molar-refractivity contribution in [1.29, 1.82) is 0 Å². The molecule has 1 heterocycles. The van der Waals surface area contributed by atoms with Crippen molar-refractivity contribution >= 4 is 33.7 Å². The average Bonchev–Trinajstić information content (AvgIpc) is 2.61. The van der Waals surface area contributed by atoms with Gasteiger partial charge in [0.05, 0.1) is 0 Å². The molecule has 0 saturated carbocycles. The number of halogens is 2. The minimum absolute atomic E-state index is 0.00224. The molecular formula is C19H19BrFN3O4. The number of carboxylic acid groups (broad SMARTS) is 1. The van der Waals surface area contributed by atoms with Crippen LogP contribution in [0.2, 0.25) is 0 Å². The summed E-state index contributed by atoms with van der Waals surface area (Å²) in [5.74, 6) is -2.83. The molecule has 1 aromatic carbocycles. The van der Waals surface area contributed by atoms with E-state index < -0.39 is 35.7 Å². The molecule has 28 heavy (non-hydrogen) atoms. The zero-order valence-corrected chi connectivity index (χ0v) is 16.6. The monoisotopic (exact) mass is 451 g/mol. The second kappa shape index (κ2) is 9.93. The van der Waals surface area contributed by atoms with Gasteiger partial charge in [0.1, 0.15) is 22.5 Å². The Bertz CT molecular complexity index is 878. The number of nitrogens with one attached hydrogen (secondary N) is 2. The fraction of sp³-hybridized carbons (Fsp3) is 0.263. The van der Waals surface area contributed by atoms with Crippen molar-refractivity contribution in [2.24, 2.45) is 0 Å². The summed E-state index contributed by atoms with van der Waals surface area (Å²) in [7, 11) is 0. The van der Waals surface area contributed by atoms with Gasteiger partial charge in [0.15, 0.2) is 0 Å². The number of amides is 2. The van der Waals surface area contributed by atoms with Crippen molar-refractivity contribution in [1.82, 2.24) is 15.6 Å². The Morgan fingerprint density at radius 2 is 1.89 bits per heavy atom. The van der Waals surface area contributed by atoms with Gasteiger partial charge in [0.25, 0.3) is 0 Å². The highest BCUT2D eigenvalue weighted by Crippen LogP contribution is 2.15. The zero-order valence-electron chi connectivity index (χ0n) is 15.0. The molecule has 0 aliphatic heterocycles. The zero-order chi connectivity index (χ0) is 20.7. The number of carbonyl (C=O) groups excluding carboxylic acids is 2. The summed E-state index contributed by atoms with van der Waals surface area (Å²) in [4.78, 5) is 39.8. The van der Waals surface area contributed by atoms with E-state index in [0.717, 1.165) is 0 Å². The van der Waals surface area contributed by atoms with Crippen LogP contribution in [0, 0.1) is 5.82 Å². The van der Waals surface area contributed by atoms with E-state index in [2.05, 4.69) is 31.5 Å². The Morgan fingerprint density at radius 3 is 2.50 bits per heavy atom. The lowest BCUT2D eigenvalue weighted by Gasteiger charge is -2.21. The Morgan fingerprint density at radius 1 is 1.14 bits per heavy atom. The minimum Gasteiger partial charge on any atom is -0.480 e. The normalized spacial score (nSPS) is 12.7. The van der Waals surface area contributed by atoms with Crippen LogP contribution >= 0.6 is 15.9 Å². The van der Waals surface area contributed by atoms with Crippen molar-refractivity contribution in [2.75, 3.05) is 0 Å². The van der Waals surface area contributed by atoms with Gasteiger partial charge >= 0.3 is 5.97 Å². The van der Waals surface area contributed by atoms with E-state index in [-0.39, 0.29) is 12.8 Å². The number of hydrogen-bond donors (Lipinski definition) is 3. The van der Waals surface area contributed by atoms with Crippen molar-refractivity contribution in [2.45, 2.75) is 31.8 Å². The third-order valence-corrected chi connectivity index (χ3v) is 4.61. The van der Waals surface area contributed by atoms with Crippen LogP contribution in [0.1, 0.15) is 18.1 Å². The number of benzene rings is 1. The van der Waals surface area contributed by atoms with E-state index in [1.807, 2.05) is 0 Å². The highest BCUT2D eigenvalue weighted by Gasteiger charge is 2.27. The molecule has 0 saturated heterocycles. The average molecular weight is 452 g/mol. The van der Waals surface area contributed by atoms with Gasteiger partial charge in [-0.25, -0.2) is 14.2 Å². The van der Waals surface area contributed by atoms with Gasteiger partial charge < -0.3 is 15.7 Å². The van der Waals surface area contributed by atoms with Crippen LogP contribution in [-0.4, -0.2) is 40.0 Å². The summed E-state index contributed by atoms with van der Waals surface area (Å²) >= 11 is 3.24. The molecule has 9 heteroatoms. The van der Waals surface area contributed by atoms with Crippen LogP contribution in [-0.2, 0) is 27.2 Å². The van der Waals surface area contributed by atoms with Crippen LogP contribution in [0.15, 0.2) is 47.2 Å². The standard InChI is InChI=1S/C19H19BrFN3O4/c1-11(25)23-15(9-12-4-2-6-14(21)8-12)18(26)24-16(19(27)28)10-13-5-3-7-22-17(13)20/h2-8,15-16H,9-10H2,1H3,(H,23,25)(H,24,26)(H,27,28)/t15-,16-/m0/s1. The fourth-order valence-corrected chi connectivity index (χ4v) is 3.03. The van der Waals surface area contributed by atoms with Gasteiger partial charge in [0, 0.05) is 26.0 Å². The van der Waals surface area contributed by atoms with E-state index in [4.69, 9.17) is 0 Å². The summed E-state index contributed by atoms with van der Waals surface area (Å²) in [6.45, 7) is 1.24. The summed E-state index contributed by atoms with van der Waals surface area (Å²) in [5.41, 5.74) is 1.10.